The maximum absolute atomic E-state index is 5.20. The van der Waals surface area contributed by atoms with Crippen LogP contribution in [0, 0.1) is 0 Å². The Labute approximate surface area is 90.6 Å². The zero-order valence-electron chi connectivity index (χ0n) is 8.61. The Balaban J connectivity index is 2.84. The molecule has 0 fully saturated rings. The number of hydrogen-bond donors (Lipinski definition) is 0. The average molecular weight is 155 g/mol. The van der Waals surface area contributed by atoms with E-state index in [1.165, 1.54) is 0 Å². The summed E-state index contributed by atoms with van der Waals surface area (Å²) in [6, 6.07) is 0. The van der Waals surface area contributed by atoms with Crippen molar-refractivity contribution in [1.29, 1.82) is 0 Å². The van der Waals surface area contributed by atoms with Crippen molar-refractivity contribution in [2.24, 2.45) is 0 Å². The smallest absolute Gasteiger partial charge is 0.0835 e. The second-order valence-corrected chi connectivity index (χ2v) is 3.26. The standard InChI is InChI=1S/C4H10B9/c1-13(2)12-11-10-9-7-4-3-6-8-5/h3-4H2,1-2H3. The Hall–Kier alpha value is 0.584. The van der Waals surface area contributed by atoms with Gasteiger partial charge in [0.2, 0.25) is 0 Å². The minimum Gasteiger partial charge on any atom is -0.0970 e. The summed E-state index contributed by atoms with van der Waals surface area (Å²) in [4.78, 5) is 0. The summed E-state index contributed by atoms with van der Waals surface area (Å²) in [5.74, 6) is 0. The molecule has 0 aliphatic rings. The lowest BCUT2D eigenvalue weighted by atomic mass is 8.93. The van der Waals surface area contributed by atoms with Gasteiger partial charge in [-0.15, -0.1) is 0 Å². The first-order chi connectivity index (χ1) is 6.27. The topological polar surface area (TPSA) is 0 Å². The second kappa shape index (κ2) is 10.7. The molecule has 0 aliphatic carbocycles. The van der Waals surface area contributed by atoms with Crippen LogP contribution in [-0.4, -0.2) is 64.0 Å². The van der Waals surface area contributed by atoms with Crippen LogP contribution >= 0.6 is 0 Å². The Morgan fingerprint density at radius 1 is 1.00 bits per heavy atom. The van der Waals surface area contributed by atoms with E-state index in [0.29, 0.717) is 6.60 Å². The van der Waals surface area contributed by atoms with Gasteiger partial charge in [-0.25, -0.2) is 0 Å². The molecule has 0 heterocycles. The van der Waals surface area contributed by atoms with E-state index in [1.807, 2.05) is 7.17 Å². The van der Waals surface area contributed by atoms with E-state index in [2.05, 4.69) is 49.1 Å². The molecule has 13 heavy (non-hydrogen) atoms. The quantitative estimate of drug-likeness (QED) is 0.286. The molecule has 9 radical (unpaired) electrons. The molecular weight excluding hydrogens is 145 g/mol. The fourth-order valence-corrected chi connectivity index (χ4v) is 0.814. The Morgan fingerprint density at radius 3 is 2.31 bits per heavy atom. The van der Waals surface area contributed by atoms with Gasteiger partial charge in [-0.1, -0.05) is 26.3 Å². The van der Waals surface area contributed by atoms with Crippen molar-refractivity contribution >= 4 is 64.0 Å². The van der Waals surface area contributed by atoms with Gasteiger partial charge >= 0.3 is 0 Å². The van der Waals surface area contributed by atoms with Crippen molar-refractivity contribution in [1.82, 2.24) is 0 Å². The highest BCUT2D eigenvalue weighted by molar-refractivity contribution is 7.60. The molecule has 0 amide bonds. The van der Waals surface area contributed by atoms with Crippen molar-refractivity contribution in [3.05, 3.63) is 0 Å². The van der Waals surface area contributed by atoms with Crippen molar-refractivity contribution in [3.8, 4) is 0 Å². The first-order valence-electron chi connectivity index (χ1n) is 4.80. The lowest BCUT2D eigenvalue weighted by molar-refractivity contribution is 1.45. The Bertz CT molecular complexity index is 95.6. The van der Waals surface area contributed by atoms with Crippen LogP contribution in [0.5, 0.6) is 0 Å². The highest BCUT2D eigenvalue weighted by Gasteiger charge is 2.00. The monoisotopic (exact) mass is 157 g/mol. The van der Waals surface area contributed by atoms with Gasteiger partial charge in [0, 0.05) is 43.0 Å². The maximum atomic E-state index is 5.20. The molecular formula is C4H10B9. The molecule has 0 aromatic carbocycles. The van der Waals surface area contributed by atoms with Crippen molar-refractivity contribution in [2.45, 2.75) is 26.3 Å². The first-order valence-corrected chi connectivity index (χ1v) is 4.80. The predicted octanol–water partition coefficient (Wildman–Crippen LogP) is -1.34. The SMILES string of the molecule is [B][B][B]CC[B][B][B][B][B]B(C)C. The molecule has 0 saturated carbocycles. The largest absolute Gasteiger partial charge is 0.0970 e. The van der Waals surface area contributed by atoms with Gasteiger partial charge in [0.15, 0.2) is 0 Å². The Kier molecular flexibility index (Phi) is 11.1. The van der Waals surface area contributed by atoms with E-state index >= 15 is 0 Å². The summed E-state index contributed by atoms with van der Waals surface area (Å²) >= 11 is 0. The minimum atomic E-state index is 0.629. The molecule has 0 spiro atoms. The highest BCUT2D eigenvalue weighted by atomic mass is 13.5. The molecule has 0 bridgehead atoms. The van der Waals surface area contributed by atoms with Crippen LogP contribution < -0.4 is 0 Å². The molecule has 9 heteroatoms. The summed E-state index contributed by atoms with van der Waals surface area (Å²) < 4.78 is 0. The van der Waals surface area contributed by atoms with Gasteiger partial charge in [-0.05, 0) is 0 Å². The fraction of sp³-hybridized carbons (Fsp3) is 1.00. The molecule has 0 aromatic heterocycles. The Morgan fingerprint density at radius 2 is 1.69 bits per heavy atom. The molecule has 0 rings (SSSR count). The summed E-state index contributed by atoms with van der Waals surface area (Å²) in [5.41, 5.74) is 0. The maximum Gasteiger partial charge on any atom is 0.0835 e. The van der Waals surface area contributed by atoms with Gasteiger partial charge in [0.1, 0.15) is 0 Å². The average Bonchev–Trinajstić information content (AvgIpc) is 2.09. The molecule has 0 unspecified atom stereocenters. The van der Waals surface area contributed by atoms with Gasteiger partial charge in [0.05, 0.1) is 20.9 Å². The zero-order chi connectivity index (χ0) is 9.94. The molecule has 0 atom stereocenters. The zero-order valence-corrected chi connectivity index (χ0v) is 8.61. The van der Waals surface area contributed by atoms with Crippen LogP contribution in [0.25, 0.3) is 0 Å². The second-order valence-electron chi connectivity index (χ2n) is 3.26. The summed E-state index contributed by atoms with van der Waals surface area (Å²) in [7, 11) is 19.3. The van der Waals surface area contributed by atoms with Gasteiger partial charge < -0.3 is 0 Å². The van der Waals surface area contributed by atoms with Crippen LogP contribution in [0.1, 0.15) is 0 Å². The van der Waals surface area contributed by atoms with Crippen molar-refractivity contribution < 1.29 is 0 Å². The van der Waals surface area contributed by atoms with Crippen molar-refractivity contribution in [2.75, 3.05) is 0 Å². The normalized spacial score (nSPS) is 8.15. The van der Waals surface area contributed by atoms with E-state index in [-0.39, 0.29) is 0 Å². The third-order valence-electron chi connectivity index (χ3n) is 1.49. The van der Waals surface area contributed by atoms with Crippen LogP contribution in [0.2, 0.25) is 26.3 Å². The lowest BCUT2D eigenvalue weighted by Crippen LogP contribution is -2.29. The van der Waals surface area contributed by atoms with E-state index in [0.717, 1.165) is 12.6 Å². The van der Waals surface area contributed by atoms with Gasteiger partial charge in [-0.2, -0.15) is 0 Å². The van der Waals surface area contributed by atoms with Gasteiger partial charge in [-0.3, -0.25) is 0 Å². The van der Waals surface area contributed by atoms with Crippen LogP contribution in [0.4, 0.5) is 0 Å². The molecule has 0 aromatic rings. The predicted molar refractivity (Wildman–Crippen MR) is 73.1 cm³/mol. The first kappa shape index (κ1) is 13.6. The summed E-state index contributed by atoms with van der Waals surface area (Å²) in [6.45, 7) is 4.96. The van der Waals surface area contributed by atoms with Crippen LogP contribution in [0.3, 0.4) is 0 Å². The third kappa shape index (κ3) is 12.6. The lowest BCUT2D eigenvalue weighted by Gasteiger charge is -1.98. The van der Waals surface area contributed by atoms with Gasteiger partial charge in [0.25, 0.3) is 0 Å². The number of rotatable bonds is 9. The molecule has 0 nitrogen and oxygen atoms in total. The fourth-order valence-electron chi connectivity index (χ4n) is 0.814. The number of hydrogen-bond acceptors (Lipinski definition) is 0. The van der Waals surface area contributed by atoms with Crippen LogP contribution in [-0.2, 0) is 0 Å². The van der Waals surface area contributed by atoms with Crippen molar-refractivity contribution in [3.63, 3.8) is 0 Å². The minimum absolute atomic E-state index is 0.629. The van der Waals surface area contributed by atoms with E-state index in [9.17, 15) is 0 Å². The highest BCUT2D eigenvalue weighted by Crippen LogP contribution is 1.84. The van der Waals surface area contributed by atoms with E-state index in [1.54, 1.807) is 7.06 Å². The molecule has 0 N–H and O–H groups in total. The summed E-state index contributed by atoms with van der Waals surface area (Å²) in [5, 5.41) is 0. The molecule has 53 valence electrons. The van der Waals surface area contributed by atoms with E-state index in [4.69, 9.17) is 7.74 Å². The molecule has 0 saturated heterocycles. The summed E-state index contributed by atoms with van der Waals surface area (Å²) in [6.07, 6.45) is 2.08. The molecule has 0 aliphatic heterocycles. The van der Waals surface area contributed by atoms with Crippen LogP contribution in [0.15, 0.2) is 0 Å². The third-order valence-corrected chi connectivity index (χ3v) is 1.49. The van der Waals surface area contributed by atoms with E-state index < -0.39 is 0 Å².